The maximum atomic E-state index is 13.4. The van der Waals surface area contributed by atoms with Gasteiger partial charge >= 0.3 is 12.0 Å². The van der Waals surface area contributed by atoms with Crippen molar-refractivity contribution in [1.29, 1.82) is 0 Å². The number of benzene rings is 1. The summed E-state index contributed by atoms with van der Waals surface area (Å²) >= 11 is 0. The largest absolute Gasteiger partial charge is 0.508 e. The highest BCUT2D eigenvalue weighted by atomic mass is 16.4. The average molecular weight is 576 g/mol. The molecule has 228 valence electrons. The van der Waals surface area contributed by atoms with Crippen LogP contribution in [0.15, 0.2) is 24.3 Å². The average Bonchev–Trinajstić information content (AvgIpc) is 2.95. The Labute approximate surface area is 241 Å². The van der Waals surface area contributed by atoms with Gasteiger partial charge in [0.05, 0.1) is 0 Å². The molecule has 6 atom stereocenters. The number of nitrogens with one attached hydrogen (secondary N) is 5. The van der Waals surface area contributed by atoms with E-state index in [0.717, 1.165) is 5.56 Å². The number of carbonyl (C=O) groups is 5. The molecule has 0 saturated carbocycles. The van der Waals surface area contributed by atoms with E-state index in [9.17, 15) is 34.2 Å². The fourth-order valence-corrected chi connectivity index (χ4v) is 4.56. The summed E-state index contributed by atoms with van der Waals surface area (Å²) in [6.07, 6.45) is 3.14. The molecule has 12 heteroatoms. The van der Waals surface area contributed by atoms with E-state index < -0.39 is 48.0 Å². The summed E-state index contributed by atoms with van der Waals surface area (Å²) in [6.45, 7) is 7.54. The highest BCUT2D eigenvalue weighted by Crippen LogP contribution is 2.15. The van der Waals surface area contributed by atoms with Gasteiger partial charge in [-0.1, -0.05) is 52.7 Å². The van der Waals surface area contributed by atoms with Crippen LogP contribution in [-0.2, 0) is 25.6 Å². The number of carbonyl (C=O) groups excluding carboxylic acids is 4. The van der Waals surface area contributed by atoms with Gasteiger partial charge in [0.1, 0.15) is 29.9 Å². The van der Waals surface area contributed by atoms with Crippen LogP contribution in [0.4, 0.5) is 4.79 Å². The van der Waals surface area contributed by atoms with Gasteiger partial charge in [-0.05, 0) is 61.6 Å². The maximum absolute atomic E-state index is 13.4. The van der Waals surface area contributed by atoms with Crippen LogP contribution in [0.5, 0.6) is 5.75 Å². The lowest BCUT2D eigenvalue weighted by atomic mass is 9.96. The van der Waals surface area contributed by atoms with Crippen molar-refractivity contribution in [3.8, 4) is 5.75 Å². The molecular weight excluding hydrogens is 530 g/mol. The number of hydrogen-bond acceptors (Lipinski definition) is 6. The number of aliphatic carboxylic acids is 1. The van der Waals surface area contributed by atoms with Crippen LogP contribution in [0.3, 0.4) is 0 Å². The Morgan fingerprint density at radius 1 is 0.976 bits per heavy atom. The van der Waals surface area contributed by atoms with Crippen molar-refractivity contribution in [2.75, 3.05) is 6.54 Å². The van der Waals surface area contributed by atoms with Gasteiger partial charge in [-0.3, -0.25) is 14.4 Å². The first kappa shape index (κ1) is 33.4. The minimum atomic E-state index is -1.17. The molecule has 5 amide bonds. The summed E-state index contributed by atoms with van der Waals surface area (Å²) in [5.41, 5.74) is 0.894. The number of phenolic OH excluding ortho intramolecular Hbond substituents is 1. The first-order valence-corrected chi connectivity index (χ1v) is 14.4. The molecule has 0 bridgehead atoms. The number of aromatic hydroxyl groups is 1. The molecule has 2 rings (SSSR count). The Kier molecular flexibility index (Phi) is 13.4. The van der Waals surface area contributed by atoms with Gasteiger partial charge < -0.3 is 36.8 Å². The van der Waals surface area contributed by atoms with Crippen LogP contribution in [0.1, 0.15) is 71.8 Å². The normalized spacial score (nSPS) is 22.7. The van der Waals surface area contributed by atoms with E-state index in [1.54, 1.807) is 31.2 Å². The summed E-state index contributed by atoms with van der Waals surface area (Å²) in [5.74, 6) is -3.03. The van der Waals surface area contributed by atoms with E-state index in [-0.39, 0.29) is 29.9 Å². The lowest BCUT2D eigenvalue weighted by Crippen LogP contribution is -2.59. The van der Waals surface area contributed by atoms with Crippen molar-refractivity contribution >= 4 is 29.7 Å². The molecule has 0 radical (unpaired) electrons. The standard InChI is InChI=1S/C29H45N5O7/c1-5-17(3)23-27(38)31-22(15-12-19-10-13-20(35)14-11-19)25(36)30-16-8-7-9-21(26(37)33-23)32-29(41)34-24(28(39)40)18(4)6-2/h10-11,13-14,17-18,21-24,35H,5-9,12,15-16H2,1-4H3,(H,30,36)(H,31,38)(H,33,37)(H,39,40)(H2,32,34,41)/t17-,18-,21-,22+,23+,24+/m1/s1. The zero-order chi connectivity index (χ0) is 30.5. The quantitative estimate of drug-likeness (QED) is 0.222. The van der Waals surface area contributed by atoms with Crippen molar-refractivity contribution in [2.24, 2.45) is 11.8 Å². The van der Waals surface area contributed by atoms with Crippen molar-refractivity contribution in [3.05, 3.63) is 29.8 Å². The second-order valence-electron chi connectivity index (χ2n) is 10.8. The third-order valence-corrected chi connectivity index (χ3v) is 7.69. The van der Waals surface area contributed by atoms with E-state index in [0.29, 0.717) is 45.1 Å². The molecule has 7 N–H and O–H groups in total. The number of hydrogen-bond donors (Lipinski definition) is 7. The number of rotatable bonds is 10. The van der Waals surface area contributed by atoms with E-state index in [1.165, 1.54) is 0 Å². The summed E-state index contributed by atoms with van der Waals surface area (Å²) in [6, 6.07) is 1.91. The molecule has 1 aliphatic rings. The molecule has 1 aromatic rings. The van der Waals surface area contributed by atoms with Crippen LogP contribution in [0.25, 0.3) is 0 Å². The molecule has 12 nitrogen and oxygen atoms in total. The van der Waals surface area contributed by atoms with Gasteiger partial charge in [-0.25, -0.2) is 9.59 Å². The highest BCUT2D eigenvalue weighted by Gasteiger charge is 2.33. The lowest BCUT2D eigenvalue weighted by molar-refractivity contribution is -0.140. The van der Waals surface area contributed by atoms with Crippen molar-refractivity contribution in [3.63, 3.8) is 0 Å². The first-order valence-electron chi connectivity index (χ1n) is 14.4. The fourth-order valence-electron chi connectivity index (χ4n) is 4.56. The number of phenols is 1. The Morgan fingerprint density at radius 3 is 2.27 bits per heavy atom. The summed E-state index contributed by atoms with van der Waals surface area (Å²) < 4.78 is 0. The van der Waals surface area contributed by atoms with Crippen LogP contribution in [0.2, 0.25) is 0 Å². The lowest BCUT2D eigenvalue weighted by Gasteiger charge is -2.28. The molecule has 1 saturated heterocycles. The Morgan fingerprint density at radius 2 is 1.66 bits per heavy atom. The zero-order valence-corrected chi connectivity index (χ0v) is 24.4. The molecule has 1 aliphatic heterocycles. The van der Waals surface area contributed by atoms with E-state index in [4.69, 9.17) is 0 Å². The van der Waals surface area contributed by atoms with Gasteiger partial charge in [0.2, 0.25) is 17.7 Å². The van der Waals surface area contributed by atoms with Gasteiger partial charge in [0.25, 0.3) is 0 Å². The van der Waals surface area contributed by atoms with Crippen LogP contribution in [-0.4, -0.2) is 70.6 Å². The molecule has 1 fully saturated rings. The molecule has 1 aromatic carbocycles. The topological polar surface area (TPSA) is 186 Å². The van der Waals surface area contributed by atoms with Crippen molar-refractivity contribution in [1.82, 2.24) is 26.6 Å². The minimum Gasteiger partial charge on any atom is -0.508 e. The summed E-state index contributed by atoms with van der Waals surface area (Å²) in [7, 11) is 0. The van der Waals surface area contributed by atoms with Gasteiger partial charge in [-0.2, -0.15) is 0 Å². The SMILES string of the molecule is CC[C@@H](C)[C@H](NC(=O)N[C@@H]1CCCCNC(=O)[C@H](CCc2ccc(O)cc2)NC(=O)[C@H]([C@H](C)CC)NC1=O)C(=O)O. The van der Waals surface area contributed by atoms with Gasteiger partial charge in [-0.15, -0.1) is 0 Å². The van der Waals surface area contributed by atoms with Gasteiger partial charge in [0.15, 0.2) is 0 Å². The van der Waals surface area contributed by atoms with E-state index >= 15 is 0 Å². The zero-order valence-electron chi connectivity index (χ0n) is 24.4. The molecule has 0 unspecified atom stereocenters. The molecule has 0 aliphatic carbocycles. The minimum absolute atomic E-state index is 0.136. The number of carboxylic acid groups (broad SMARTS) is 1. The number of urea groups is 1. The second-order valence-corrected chi connectivity index (χ2v) is 10.8. The maximum Gasteiger partial charge on any atom is 0.326 e. The molecule has 1 heterocycles. The van der Waals surface area contributed by atoms with Crippen LogP contribution >= 0.6 is 0 Å². The Bertz CT molecular complexity index is 1050. The summed E-state index contributed by atoms with van der Waals surface area (Å²) in [5, 5.41) is 32.5. The van der Waals surface area contributed by atoms with Crippen molar-refractivity contribution in [2.45, 2.75) is 96.8 Å². The Hall–Kier alpha value is -3.83. The van der Waals surface area contributed by atoms with Crippen molar-refractivity contribution < 1.29 is 34.2 Å². The number of carboxylic acids is 1. The third-order valence-electron chi connectivity index (χ3n) is 7.69. The summed E-state index contributed by atoms with van der Waals surface area (Å²) in [4.78, 5) is 64.2. The first-order chi connectivity index (χ1) is 19.5. The number of aryl methyl sites for hydroxylation is 1. The van der Waals surface area contributed by atoms with E-state index in [2.05, 4.69) is 26.6 Å². The van der Waals surface area contributed by atoms with Crippen LogP contribution < -0.4 is 26.6 Å². The predicted octanol–water partition coefficient (Wildman–Crippen LogP) is 1.81. The number of amides is 5. The molecular formula is C29H45N5O7. The van der Waals surface area contributed by atoms with Gasteiger partial charge in [0, 0.05) is 6.54 Å². The van der Waals surface area contributed by atoms with E-state index in [1.807, 2.05) is 20.8 Å². The highest BCUT2D eigenvalue weighted by molar-refractivity contribution is 5.94. The molecule has 0 spiro atoms. The van der Waals surface area contributed by atoms with Crippen LogP contribution in [0, 0.1) is 11.8 Å². The molecule has 41 heavy (non-hydrogen) atoms. The Balaban J connectivity index is 2.21. The predicted molar refractivity (Wildman–Crippen MR) is 153 cm³/mol. The smallest absolute Gasteiger partial charge is 0.326 e. The molecule has 0 aromatic heterocycles. The second kappa shape index (κ2) is 16.4. The monoisotopic (exact) mass is 575 g/mol. The third kappa shape index (κ3) is 10.6. The fraction of sp³-hybridized carbons (Fsp3) is 0.621.